The summed E-state index contributed by atoms with van der Waals surface area (Å²) in [6, 6.07) is 5.41. The van der Waals surface area contributed by atoms with Gasteiger partial charge in [-0.2, -0.15) is 0 Å². The molecule has 2 amide bonds. The number of carbonyl (C=O) groups excluding carboxylic acids is 2. The molecule has 2 heterocycles. The fraction of sp³-hybridized carbons (Fsp3) is 0.385. The summed E-state index contributed by atoms with van der Waals surface area (Å²) in [7, 11) is 0. The maximum Gasteiger partial charge on any atom is 0.233 e. The first-order valence-corrected chi connectivity index (χ1v) is 5.96. The first-order valence-electron chi connectivity index (χ1n) is 5.96. The summed E-state index contributed by atoms with van der Waals surface area (Å²) in [4.78, 5) is 24.7. The molecule has 3 rings (SSSR count). The molecule has 0 unspecified atom stereocenters. The maximum atomic E-state index is 12.0. The summed E-state index contributed by atoms with van der Waals surface area (Å²) in [6.07, 6.45) is 1.47. The van der Waals surface area contributed by atoms with Crippen LogP contribution in [0.15, 0.2) is 18.2 Å². The van der Waals surface area contributed by atoms with Crippen molar-refractivity contribution >= 4 is 11.8 Å². The van der Waals surface area contributed by atoms with E-state index >= 15 is 0 Å². The molecule has 5 heteroatoms. The number of carbonyl (C=O) groups is 2. The Morgan fingerprint density at radius 2 is 2.11 bits per heavy atom. The van der Waals surface area contributed by atoms with Gasteiger partial charge in [-0.05, 0) is 24.1 Å². The smallest absolute Gasteiger partial charge is 0.233 e. The molecule has 1 saturated heterocycles. The first kappa shape index (κ1) is 11.1. The van der Waals surface area contributed by atoms with Crippen molar-refractivity contribution in [2.24, 2.45) is 0 Å². The molecule has 0 radical (unpaired) electrons. The summed E-state index contributed by atoms with van der Waals surface area (Å²) < 4.78 is 10.5. The molecule has 18 heavy (non-hydrogen) atoms. The third-order valence-electron chi connectivity index (χ3n) is 3.17. The second kappa shape index (κ2) is 4.33. The van der Waals surface area contributed by atoms with Gasteiger partial charge in [-0.15, -0.1) is 0 Å². The first-order chi connectivity index (χ1) is 8.74. The van der Waals surface area contributed by atoms with Crippen LogP contribution in [-0.4, -0.2) is 30.1 Å². The number of imide groups is 1. The number of fused-ring (bicyclic) bond motifs is 1. The largest absolute Gasteiger partial charge is 0.454 e. The number of amides is 2. The third kappa shape index (κ3) is 1.92. The lowest BCUT2D eigenvalue weighted by Crippen LogP contribution is -2.33. The summed E-state index contributed by atoms with van der Waals surface area (Å²) in [6.45, 7) is 0.763. The van der Waals surface area contributed by atoms with Gasteiger partial charge in [0, 0.05) is 13.0 Å². The van der Waals surface area contributed by atoms with E-state index in [0.29, 0.717) is 24.5 Å². The number of benzene rings is 1. The molecule has 1 aromatic carbocycles. The van der Waals surface area contributed by atoms with Crippen LogP contribution in [0.25, 0.3) is 0 Å². The molecular formula is C13H13NO4. The predicted molar refractivity (Wildman–Crippen MR) is 62.2 cm³/mol. The van der Waals surface area contributed by atoms with Crippen molar-refractivity contribution in [1.82, 2.24) is 4.90 Å². The second-order valence-electron chi connectivity index (χ2n) is 4.41. The fourth-order valence-corrected chi connectivity index (χ4v) is 2.23. The highest BCUT2D eigenvalue weighted by Crippen LogP contribution is 2.32. The van der Waals surface area contributed by atoms with E-state index in [2.05, 4.69) is 0 Å². The number of hydrogen-bond donors (Lipinski definition) is 0. The van der Waals surface area contributed by atoms with Gasteiger partial charge in [0.25, 0.3) is 0 Å². The van der Waals surface area contributed by atoms with Crippen molar-refractivity contribution in [3.63, 3.8) is 0 Å². The van der Waals surface area contributed by atoms with Crippen LogP contribution in [-0.2, 0) is 16.0 Å². The fourth-order valence-electron chi connectivity index (χ4n) is 2.23. The second-order valence-corrected chi connectivity index (χ2v) is 4.41. The van der Waals surface area contributed by atoms with Crippen LogP contribution in [0.1, 0.15) is 18.4 Å². The monoisotopic (exact) mass is 247 g/mol. The van der Waals surface area contributed by atoms with E-state index in [4.69, 9.17) is 9.47 Å². The number of rotatable bonds is 2. The van der Waals surface area contributed by atoms with Crippen molar-refractivity contribution in [2.45, 2.75) is 19.3 Å². The van der Waals surface area contributed by atoms with Gasteiger partial charge >= 0.3 is 0 Å². The van der Waals surface area contributed by atoms with Crippen molar-refractivity contribution in [3.05, 3.63) is 23.8 Å². The van der Waals surface area contributed by atoms with E-state index in [0.717, 1.165) is 12.0 Å². The van der Waals surface area contributed by atoms with E-state index in [1.54, 1.807) is 12.1 Å². The standard InChI is InChI=1S/C13H13NO4/c15-12-2-1-5-14(12)13(16)7-9-3-4-10-11(6-9)18-8-17-10/h3-4,6H,1-2,5,7-8H2. The molecule has 1 fully saturated rings. The molecule has 2 aliphatic heterocycles. The Morgan fingerprint density at radius 1 is 1.28 bits per heavy atom. The van der Waals surface area contributed by atoms with Crippen molar-refractivity contribution in [2.75, 3.05) is 13.3 Å². The quantitative estimate of drug-likeness (QED) is 0.785. The lowest BCUT2D eigenvalue weighted by atomic mass is 10.1. The zero-order chi connectivity index (χ0) is 12.5. The maximum absolute atomic E-state index is 12.0. The number of hydrogen-bond acceptors (Lipinski definition) is 4. The summed E-state index contributed by atoms with van der Waals surface area (Å²) in [5, 5.41) is 0. The van der Waals surface area contributed by atoms with E-state index in [-0.39, 0.29) is 25.0 Å². The SMILES string of the molecule is O=C1CCCN1C(=O)Cc1ccc2c(c1)OCO2. The minimum Gasteiger partial charge on any atom is -0.454 e. The van der Waals surface area contributed by atoms with Crippen LogP contribution in [0, 0.1) is 0 Å². The Bertz CT molecular complexity index is 512. The minimum absolute atomic E-state index is 0.0688. The lowest BCUT2D eigenvalue weighted by molar-refractivity contribution is -0.141. The van der Waals surface area contributed by atoms with Gasteiger partial charge in [0.05, 0.1) is 6.42 Å². The van der Waals surface area contributed by atoms with E-state index in [1.807, 2.05) is 6.07 Å². The van der Waals surface area contributed by atoms with E-state index < -0.39 is 0 Å². The normalized spacial score (nSPS) is 17.3. The number of nitrogens with zero attached hydrogens (tertiary/aromatic N) is 1. The van der Waals surface area contributed by atoms with Gasteiger partial charge in [0.15, 0.2) is 11.5 Å². The summed E-state index contributed by atoms with van der Waals surface area (Å²) in [5.41, 5.74) is 0.837. The molecule has 0 saturated carbocycles. The molecule has 0 atom stereocenters. The van der Waals surface area contributed by atoms with Crippen LogP contribution in [0.3, 0.4) is 0 Å². The third-order valence-corrected chi connectivity index (χ3v) is 3.17. The Labute approximate surface area is 104 Å². The zero-order valence-corrected chi connectivity index (χ0v) is 9.85. The number of ether oxygens (including phenoxy) is 2. The molecule has 0 spiro atoms. The number of likely N-dealkylation sites (tertiary alicyclic amines) is 1. The predicted octanol–water partition coefficient (Wildman–Crippen LogP) is 1.11. The van der Waals surface area contributed by atoms with Gasteiger partial charge in [0.2, 0.25) is 18.6 Å². The van der Waals surface area contributed by atoms with Crippen LogP contribution in [0.5, 0.6) is 11.5 Å². The Hall–Kier alpha value is -2.04. The average molecular weight is 247 g/mol. The van der Waals surface area contributed by atoms with Gasteiger partial charge in [-0.3, -0.25) is 14.5 Å². The van der Waals surface area contributed by atoms with Gasteiger partial charge < -0.3 is 9.47 Å². The van der Waals surface area contributed by atoms with Gasteiger partial charge in [-0.25, -0.2) is 0 Å². The Kier molecular flexibility index (Phi) is 2.66. The van der Waals surface area contributed by atoms with Crippen LogP contribution < -0.4 is 9.47 Å². The van der Waals surface area contributed by atoms with Crippen molar-refractivity contribution in [3.8, 4) is 11.5 Å². The molecule has 1 aromatic rings. The highest BCUT2D eigenvalue weighted by Gasteiger charge is 2.26. The van der Waals surface area contributed by atoms with Gasteiger partial charge in [-0.1, -0.05) is 6.07 Å². The van der Waals surface area contributed by atoms with Crippen LogP contribution >= 0.6 is 0 Å². The van der Waals surface area contributed by atoms with Gasteiger partial charge in [0.1, 0.15) is 0 Å². The molecule has 2 aliphatic rings. The van der Waals surface area contributed by atoms with Crippen molar-refractivity contribution < 1.29 is 19.1 Å². The highest BCUT2D eigenvalue weighted by atomic mass is 16.7. The zero-order valence-electron chi connectivity index (χ0n) is 9.85. The topological polar surface area (TPSA) is 55.8 Å². The average Bonchev–Trinajstić information content (AvgIpc) is 2.96. The highest BCUT2D eigenvalue weighted by molar-refractivity contribution is 5.97. The summed E-state index contributed by atoms with van der Waals surface area (Å²) in [5.74, 6) is 1.15. The molecule has 0 aliphatic carbocycles. The molecule has 94 valence electrons. The molecule has 0 aromatic heterocycles. The Balaban J connectivity index is 1.72. The molecule has 5 nitrogen and oxygen atoms in total. The van der Waals surface area contributed by atoms with E-state index in [9.17, 15) is 9.59 Å². The minimum atomic E-state index is -0.142. The lowest BCUT2D eigenvalue weighted by Gasteiger charge is -2.13. The van der Waals surface area contributed by atoms with E-state index in [1.165, 1.54) is 4.90 Å². The molecule has 0 N–H and O–H groups in total. The van der Waals surface area contributed by atoms with Crippen LogP contribution in [0.2, 0.25) is 0 Å². The Morgan fingerprint density at radius 3 is 2.89 bits per heavy atom. The van der Waals surface area contributed by atoms with Crippen LogP contribution in [0.4, 0.5) is 0 Å². The molecule has 0 bridgehead atoms. The summed E-state index contributed by atoms with van der Waals surface area (Å²) >= 11 is 0. The van der Waals surface area contributed by atoms with Crippen molar-refractivity contribution in [1.29, 1.82) is 0 Å². The molecular weight excluding hydrogens is 234 g/mol.